The number of aromatic carboxylic acids is 1. The maximum atomic E-state index is 11.0. The number of nitrogens with one attached hydrogen (secondary N) is 1. The van der Waals surface area contributed by atoms with Gasteiger partial charge in [0, 0.05) is 16.6 Å². The van der Waals surface area contributed by atoms with Crippen LogP contribution in [0.15, 0.2) is 12.1 Å². The van der Waals surface area contributed by atoms with Crippen molar-refractivity contribution in [2.24, 2.45) is 0 Å². The standard InChI is InChI=1S/C11H11NO3/c1-5-3-7(13)4-8-9(11(14)15)6(2)12-10(5)8/h3-4,12-13H,1-2H3,(H,14,15). The second kappa shape index (κ2) is 3.02. The number of carboxylic acids is 1. The Labute approximate surface area is 86.2 Å². The smallest absolute Gasteiger partial charge is 0.338 e. The fourth-order valence-corrected chi connectivity index (χ4v) is 1.86. The highest BCUT2D eigenvalue weighted by Crippen LogP contribution is 2.28. The van der Waals surface area contributed by atoms with Crippen LogP contribution in [0.25, 0.3) is 10.9 Å². The minimum Gasteiger partial charge on any atom is -0.508 e. The average Bonchev–Trinajstić information content (AvgIpc) is 2.41. The molecule has 78 valence electrons. The largest absolute Gasteiger partial charge is 0.508 e. The lowest BCUT2D eigenvalue weighted by Crippen LogP contribution is -1.96. The number of benzene rings is 1. The number of hydrogen-bond donors (Lipinski definition) is 3. The number of aromatic hydroxyl groups is 1. The van der Waals surface area contributed by atoms with Crippen molar-refractivity contribution in [3.05, 3.63) is 29.0 Å². The third kappa shape index (κ3) is 1.34. The molecule has 0 aliphatic carbocycles. The maximum absolute atomic E-state index is 11.0. The number of rotatable bonds is 1. The van der Waals surface area contributed by atoms with Crippen molar-refractivity contribution in [1.29, 1.82) is 0 Å². The SMILES string of the molecule is Cc1[nH]c2c(C)cc(O)cc2c1C(=O)O. The molecule has 0 saturated heterocycles. The zero-order valence-electron chi connectivity index (χ0n) is 8.46. The van der Waals surface area contributed by atoms with Gasteiger partial charge in [-0.2, -0.15) is 0 Å². The van der Waals surface area contributed by atoms with Crippen LogP contribution in [-0.2, 0) is 0 Å². The van der Waals surface area contributed by atoms with Crippen LogP contribution in [0, 0.1) is 13.8 Å². The van der Waals surface area contributed by atoms with E-state index in [0.717, 1.165) is 11.1 Å². The number of phenols is 1. The summed E-state index contributed by atoms with van der Waals surface area (Å²) in [6, 6.07) is 3.07. The van der Waals surface area contributed by atoms with Gasteiger partial charge in [-0.05, 0) is 31.5 Å². The third-order valence-corrected chi connectivity index (χ3v) is 2.49. The Hall–Kier alpha value is -1.97. The van der Waals surface area contributed by atoms with E-state index in [0.29, 0.717) is 11.1 Å². The molecule has 0 fully saturated rings. The van der Waals surface area contributed by atoms with Crippen LogP contribution in [-0.4, -0.2) is 21.2 Å². The van der Waals surface area contributed by atoms with Crippen molar-refractivity contribution in [1.82, 2.24) is 4.98 Å². The lowest BCUT2D eigenvalue weighted by atomic mass is 10.1. The van der Waals surface area contributed by atoms with Crippen LogP contribution in [0.5, 0.6) is 5.75 Å². The highest BCUT2D eigenvalue weighted by atomic mass is 16.4. The number of aromatic nitrogens is 1. The van der Waals surface area contributed by atoms with E-state index in [9.17, 15) is 9.90 Å². The molecular weight excluding hydrogens is 194 g/mol. The van der Waals surface area contributed by atoms with Crippen LogP contribution in [0.2, 0.25) is 0 Å². The van der Waals surface area contributed by atoms with Crippen LogP contribution in [0.4, 0.5) is 0 Å². The van der Waals surface area contributed by atoms with Gasteiger partial charge in [-0.3, -0.25) is 0 Å². The van der Waals surface area contributed by atoms with E-state index < -0.39 is 5.97 Å². The Morgan fingerprint density at radius 2 is 2.00 bits per heavy atom. The van der Waals surface area contributed by atoms with Crippen molar-refractivity contribution in [3.8, 4) is 5.75 Å². The summed E-state index contributed by atoms with van der Waals surface area (Å²) in [4.78, 5) is 14.0. The van der Waals surface area contributed by atoms with Gasteiger partial charge < -0.3 is 15.2 Å². The van der Waals surface area contributed by atoms with Gasteiger partial charge in [0.05, 0.1) is 5.56 Å². The number of phenolic OH excluding ortho intramolecular Hbond substituents is 1. The molecule has 3 N–H and O–H groups in total. The van der Waals surface area contributed by atoms with E-state index in [-0.39, 0.29) is 11.3 Å². The van der Waals surface area contributed by atoms with Crippen molar-refractivity contribution in [3.63, 3.8) is 0 Å². The second-order valence-electron chi connectivity index (χ2n) is 3.62. The third-order valence-electron chi connectivity index (χ3n) is 2.49. The first-order valence-electron chi connectivity index (χ1n) is 4.56. The summed E-state index contributed by atoms with van der Waals surface area (Å²) < 4.78 is 0. The number of H-pyrrole nitrogens is 1. The molecule has 0 radical (unpaired) electrons. The molecule has 0 bridgehead atoms. The van der Waals surface area contributed by atoms with E-state index in [1.807, 2.05) is 6.92 Å². The van der Waals surface area contributed by atoms with Crippen molar-refractivity contribution < 1.29 is 15.0 Å². The Bertz CT molecular complexity index is 554. The molecule has 0 aliphatic rings. The molecule has 0 unspecified atom stereocenters. The van der Waals surface area contributed by atoms with Crippen LogP contribution < -0.4 is 0 Å². The summed E-state index contributed by atoms with van der Waals surface area (Å²) in [6.45, 7) is 3.53. The van der Waals surface area contributed by atoms with Gasteiger partial charge in [-0.15, -0.1) is 0 Å². The molecular formula is C11H11NO3. The zero-order chi connectivity index (χ0) is 11.2. The zero-order valence-corrected chi connectivity index (χ0v) is 8.46. The predicted molar refractivity (Wildman–Crippen MR) is 56.4 cm³/mol. The molecule has 4 heteroatoms. The Balaban J connectivity index is 2.93. The van der Waals surface area contributed by atoms with E-state index in [1.54, 1.807) is 13.0 Å². The molecule has 1 aromatic heterocycles. The van der Waals surface area contributed by atoms with Gasteiger partial charge in [0.15, 0.2) is 0 Å². The number of aromatic amines is 1. The fraction of sp³-hybridized carbons (Fsp3) is 0.182. The van der Waals surface area contributed by atoms with Gasteiger partial charge in [-0.1, -0.05) is 0 Å². The fourth-order valence-electron chi connectivity index (χ4n) is 1.86. The van der Waals surface area contributed by atoms with Crippen molar-refractivity contribution in [2.75, 3.05) is 0 Å². The minimum absolute atomic E-state index is 0.0847. The highest BCUT2D eigenvalue weighted by Gasteiger charge is 2.16. The number of carboxylic acid groups (broad SMARTS) is 1. The van der Waals surface area contributed by atoms with E-state index in [1.165, 1.54) is 6.07 Å². The number of carbonyl (C=O) groups is 1. The molecule has 0 spiro atoms. The number of fused-ring (bicyclic) bond motifs is 1. The number of hydrogen-bond acceptors (Lipinski definition) is 2. The van der Waals surface area contributed by atoms with Gasteiger partial charge in [0.2, 0.25) is 0 Å². The van der Waals surface area contributed by atoms with Crippen molar-refractivity contribution >= 4 is 16.9 Å². The summed E-state index contributed by atoms with van der Waals surface area (Å²) in [6.07, 6.45) is 0. The average molecular weight is 205 g/mol. The van der Waals surface area contributed by atoms with Gasteiger partial charge in [0.25, 0.3) is 0 Å². The molecule has 4 nitrogen and oxygen atoms in total. The summed E-state index contributed by atoms with van der Waals surface area (Å²) in [5.74, 6) is -0.898. The lowest BCUT2D eigenvalue weighted by Gasteiger charge is -1.98. The molecule has 2 aromatic rings. The molecule has 2 rings (SSSR count). The molecule has 15 heavy (non-hydrogen) atoms. The molecule has 0 amide bonds. The molecule has 0 aliphatic heterocycles. The van der Waals surface area contributed by atoms with Crippen LogP contribution in [0.1, 0.15) is 21.6 Å². The van der Waals surface area contributed by atoms with Gasteiger partial charge in [-0.25, -0.2) is 4.79 Å². The quantitative estimate of drug-likeness (QED) is 0.668. The summed E-state index contributed by atoms with van der Waals surface area (Å²) in [5, 5.41) is 19.0. The number of aryl methyl sites for hydroxylation is 2. The Morgan fingerprint density at radius 1 is 1.33 bits per heavy atom. The maximum Gasteiger partial charge on any atom is 0.338 e. The molecule has 1 aromatic carbocycles. The first kappa shape index (κ1) is 9.58. The van der Waals surface area contributed by atoms with E-state index in [2.05, 4.69) is 4.98 Å². The normalized spacial score (nSPS) is 10.8. The minimum atomic E-state index is -0.983. The monoisotopic (exact) mass is 205 g/mol. The molecule has 1 heterocycles. The predicted octanol–water partition coefficient (Wildman–Crippen LogP) is 2.19. The summed E-state index contributed by atoms with van der Waals surface area (Å²) in [5.41, 5.74) is 2.43. The van der Waals surface area contributed by atoms with Crippen LogP contribution in [0.3, 0.4) is 0 Å². The molecule has 0 atom stereocenters. The molecule has 0 saturated carbocycles. The second-order valence-corrected chi connectivity index (χ2v) is 3.62. The Morgan fingerprint density at radius 3 is 2.60 bits per heavy atom. The summed E-state index contributed by atoms with van der Waals surface area (Å²) >= 11 is 0. The first-order valence-corrected chi connectivity index (χ1v) is 4.56. The van der Waals surface area contributed by atoms with Gasteiger partial charge in [0.1, 0.15) is 5.75 Å². The summed E-state index contributed by atoms with van der Waals surface area (Å²) in [7, 11) is 0. The first-order chi connectivity index (χ1) is 7.00. The lowest BCUT2D eigenvalue weighted by molar-refractivity contribution is 0.0698. The topological polar surface area (TPSA) is 73.3 Å². The van der Waals surface area contributed by atoms with E-state index in [4.69, 9.17) is 5.11 Å². The van der Waals surface area contributed by atoms with Crippen molar-refractivity contribution in [2.45, 2.75) is 13.8 Å². The highest BCUT2D eigenvalue weighted by molar-refractivity contribution is 6.05. The Kier molecular flexibility index (Phi) is 1.93. The van der Waals surface area contributed by atoms with Crippen LogP contribution >= 0.6 is 0 Å². The van der Waals surface area contributed by atoms with Gasteiger partial charge >= 0.3 is 5.97 Å². The van der Waals surface area contributed by atoms with E-state index >= 15 is 0 Å².